The quantitative estimate of drug-likeness (QED) is 0.856. The third-order valence-electron chi connectivity index (χ3n) is 3.55. The SMILES string of the molecule is Cn1ncc(-c2cc3c(cc2Br)OCC(C)(C)CO3)c1N. The van der Waals surface area contributed by atoms with Crippen LogP contribution in [0.5, 0.6) is 11.5 Å². The van der Waals surface area contributed by atoms with E-state index < -0.39 is 0 Å². The van der Waals surface area contributed by atoms with Crippen LogP contribution in [0.25, 0.3) is 11.1 Å². The summed E-state index contributed by atoms with van der Waals surface area (Å²) in [7, 11) is 1.82. The monoisotopic (exact) mass is 351 g/mol. The Morgan fingerprint density at radius 1 is 1.19 bits per heavy atom. The van der Waals surface area contributed by atoms with Crippen molar-refractivity contribution in [1.82, 2.24) is 9.78 Å². The van der Waals surface area contributed by atoms with Crippen molar-refractivity contribution in [1.29, 1.82) is 0 Å². The number of rotatable bonds is 1. The minimum absolute atomic E-state index is 0.0149. The van der Waals surface area contributed by atoms with Crippen LogP contribution in [0.3, 0.4) is 0 Å². The first kappa shape index (κ1) is 14.3. The number of nitrogen functional groups attached to an aromatic ring is 1. The van der Waals surface area contributed by atoms with Crippen LogP contribution in [-0.4, -0.2) is 23.0 Å². The molecule has 21 heavy (non-hydrogen) atoms. The van der Waals surface area contributed by atoms with E-state index in [0.717, 1.165) is 27.1 Å². The van der Waals surface area contributed by atoms with Crippen LogP contribution in [0.1, 0.15) is 13.8 Å². The largest absolute Gasteiger partial charge is 0.489 e. The zero-order valence-electron chi connectivity index (χ0n) is 12.3. The molecule has 1 aromatic carbocycles. The molecule has 3 rings (SSSR count). The molecule has 0 unspecified atom stereocenters. The van der Waals surface area contributed by atoms with E-state index >= 15 is 0 Å². The van der Waals surface area contributed by atoms with Crippen LogP contribution in [0.2, 0.25) is 0 Å². The summed E-state index contributed by atoms with van der Waals surface area (Å²) in [5.74, 6) is 2.10. The minimum atomic E-state index is -0.0149. The number of hydrogen-bond acceptors (Lipinski definition) is 4. The van der Waals surface area contributed by atoms with Gasteiger partial charge >= 0.3 is 0 Å². The van der Waals surface area contributed by atoms with E-state index in [1.165, 1.54) is 0 Å². The molecule has 0 bridgehead atoms. The fraction of sp³-hybridized carbons (Fsp3) is 0.400. The average Bonchev–Trinajstić information content (AvgIpc) is 2.67. The van der Waals surface area contributed by atoms with Crippen LogP contribution in [0.15, 0.2) is 22.8 Å². The third-order valence-corrected chi connectivity index (χ3v) is 4.20. The molecule has 1 aliphatic heterocycles. The molecule has 0 aliphatic carbocycles. The Hall–Kier alpha value is -1.69. The lowest BCUT2D eigenvalue weighted by molar-refractivity contribution is 0.140. The molecule has 6 heteroatoms. The molecule has 0 fully saturated rings. The van der Waals surface area contributed by atoms with E-state index in [2.05, 4.69) is 34.9 Å². The number of anilines is 1. The molecular formula is C15H18BrN3O2. The van der Waals surface area contributed by atoms with Crippen LogP contribution in [-0.2, 0) is 7.05 Å². The fourth-order valence-electron chi connectivity index (χ4n) is 2.21. The normalized spacial score (nSPS) is 16.6. The summed E-state index contributed by atoms with van der Waals surface area (Å²) in [5.41, 5.74) is 7.87. The van der Waals surface area contributed by atoms with Crippen LogP contribution >= 0.6 is 15.9 Å². The maximum Gasteiger partial charge on any atom is 0.162 e. The first-order valence-corrected chi connectivity index (χ1v) is 7.54. The van der Waals surface area contributed by atoms with E-state index in [1.54, 1.807) is 10.9 Å². The zero-order valence-corrected chi connectivity index (χ0v) is 13.9. The maximum atomic E-state index is 6.06. The van der Waals surface area contributed by atoms with Crippen molar-refractivity contribution in [2.75, 3.05) is 18.9 Å². The topological polar surface area (TPSA) is 62.3 Å². The van der Waals surface area contributed by atoms with Crippen molar-refractivity contribution in [3.8, 4) is 22.6 Å². The van der Waals surface area contributed by atoms with Gasteiger partial charge in [-0.25, -0.2) is 0 Å². The summed E-state index contributed by atoms with van der Waals surface area (Å²) in [5, 5.41) is 4.19. The lowest BCUT2D eigenvalue weighted by Crippen LogP contribution is -2.26. The second-order valence-electron chi connectivity index (χ2n) is 6.09. The predicted molar refractivity (Wildman–Crippen MR) is 85.5 cm³/mol. The van der Waals surface area contributed by atoms with Crippen molar-refractivity contribution < 1.29 is 9.47 Å². The van der Waals surface area contributed by atoms with Gasteiger partial charge in [0.15, 0.2) is 11.5 Å². The lowest BCUT2D eigenvalue weighted by atomic mass is 9.97. The van der Waals surface area contributed by atoms with Gasteiger partial charge in [-0.3, -0.25) is 4.68 Å². The standard InChI is InChI=1S/C15H18BrN3O2/c1-15(2)7-20-12-4-9(10-6-18-19(3)14(10)17)11(16)5-13(12)21-8-15/h4-6H,7-8,17H2,1-3H3. The summed E-state index contributed by atoms with van der Waals surface area (Å²) in [6.07, 6.45) is 1.75. The van der Waals surface area contributed by atoms with Crippen molar-refractivity contribution in [2.24, 2.45) is 12.5 Å². The van der Waals surface area contributed by atoms with E-state index in [-0.39, 0.29) is 5.41 Å². The Kier molecular flexibility index (Phi) is 3.36. The fourth-order valence-corrected chi connectivity index (χ4v) is 2.75. The number of fused-ring (bicyclic) bond motifs is 1. The van der Waals surface area contributed by atoms with Gasteiger partial charge in [-0.1, -0.05) is 29.8 Å². The molecule has 1 aliphatic rings. The highest BCUT2D eigenvalue weighted by Crippen LogP contribution is 2.42. The van der Waals surface area contributed by atoms with Crippen molar-refractivity contribution in [3.63, 3.8) is 0 Å². The predicted octanol–water partition coefficient (Wildman–Crippen LogP) is 3.23. The highest BCUT2D eigenvalue weighted by atomic mass is 79.9. The Labute approximate surface area is 132 Å². The van der Waals surface area contributed by atoms with Gasteiger partial charge in [-0.15, -0.1) is 0 Å². The molecule has 0 amide bonds. The van der Waals surface area contributed by atoms with Gasteiger partial charge in [0, 0.05) is 28.1 Å². The van der Waals surface area contributed by atoms with E-state index in [4.69, 9.17) is 15.2 Å². The highest BCUT2D eigenvalue weighted by molar-refractivity contribution is 9.10. The molecule has 2 aromatic rings. The van der Waals surface area contributed by atoms with Gasteiger partial charge in [0.25, 0.3) is 0 Å². The van der Waals surface area contributed by atoms with E-state index in [9.17, 15) is 0 Å². The highest BCUT2D eigenvalue weighted by Gasteiger charge is 2.26. The molecule has 2 heterocycles. The molecule has 0 atom stereocenters. The Bertz CT molecular complexity index is 694. The number of hydrogen-bond donors (Lipinski definition) is 1. The summed E-state index contributed by atoms with van der Waals surface area (Å²) in [6.45, 7) is 5.48. The van der Waals surface area contributed by atoms with Crippen LogP contribution in [0.4, 0.5) is 5.82 Å². The third kappa shape index (κ3) is 2.60. The first-order chi connectivity index (χ1) is 9.87. The number of ether oxygens (including phenoxy) is 2. The number of benzene rings is 1. The molecule has 1 aromatic heterocycles. The number of aryl methyl sites for hydroxylation is 1. The second kappa shape index (κ2) is 4.94. The second-order valence-corrected chi connectivity index (χ2v) is 6.94. The first-order valence-electron chi connectivity index (χ1n) is 6.74. The van der Waals surface area contributed by atoms with Gasteiger partial charge in [-0.2, -0.15) is 5.10 Å². The van der Waals surface area contributed by atoms with Gasteiger partial charge in [0.1, 0.15) is 5.82 Å². The number of aromatic nitrogens is 2. The van der Waals surface area contributed by atoms with E-state index in [0.29, 0.717) is 19.0 Å². The summed E-state index contributed by atoms with van der Waals surface area (Å²) in [6, 6.07) is 3.88. The van der Waals surface area contributed by atoms with Crippen molar-refractivity contribution in [2.45, 2.75) is 13.8 Å². The summed E-state index contributed by atoms with van der Waals surface area (Å²) < 4.78 is 14.3. The average molecular weight is 352 g/mol. The van der Waals surface area contributed by atoms with Gasteiger partial charge in [-0.05, 0) is 12.1 Å². The molecule has 0 spiro atoms. The lowest BCUT2D eigenvalue weighted by Gasteiger charge is -2.19. The Balaban J connectivity index is 2.06. The minimum Gasteiger partial charge on any atom is -0.489 e. The van der Waals surface area contributed by atoms with Gasteiger partial charge < -0.3 is 15.2 Å². The molecular weight excluding hydrogens is 334 g/mol. The summed E-state index contributed by atoms with van der Waals surface area (Å²) >= 11 is 3.58. The number of halogens is 1. The number of nitrogens with two attached hydrogens (primary N) is 1. The molecule has 0 saturated carbocycles. The molecule has 2 N–H and O–H groups in total. The van der Waals surface area contributed by atoms with Crippen LogP contribution in [0, 0.1) is 5.41 Å². The van der Waals surface area contributed by atoms with Gasteiger partial charge in [0.2, 0.25) is 0 Å². The molecule has 0 saturated heterocycles. The smallest absolute Gasteiger partial charge is 0.162 e. The molecule has 0 radical (unpaired) electrons. The van der Waals surface area contributed by atoms with Crippen molar-refractivity contribution in [3.05, 3.63) is 22.8 Å². The van der Waals surface area contributed by atoms with Crippen LogP contribution < -0.4 is 15.2 Å². The maximum absolute atomic E-state index is 6.06. The Morgan fingerprint density at radius 2 is 1.81 bits per heavy atom. The van der Waals surface area contributed by atoms with Gasteiger partial charge in [0.05, 0.1) is 19.4 Å². The summed E-state index contributed by atoms with van der Waals surface area (Å²) in [4.78, 5) is 0. The van der Waals surface area contributed by atoms with E-state index in [1.807, 2.05) is 19.2 Å². The zero-order chi connectivity index (χ0) is 15.2. The molecule has 112 valence electrons. The number of nitrogens with zero attached hydrogens (tertiary/aromatic N) is 2. The Morgan fingerprint density at radius 3 is 2.38 bits per heavy atom. The van der Waals surface area contributed by atoms with Crippen molar-refractivity contribution >= 4 is 21.7 Å². The molecule has 5 nitrogen and oxygen atoms in total.